The van der Waals surface area contributed by atoms with Gasteiger partial charge in [0.1, 0.15) is 11.3 Å². The van der Waals surface area contributed by atoms with E-state index in [1.807, 2.05) is 18.2 Å². The lowest BCUT2D eigenvalue weighted by atomic mass is 9.81. The number of benzene rings is 1. The van der Waals surface area contributed by atoms with Gasteiger partial charge in [-0.1, -0.05) is 45.9 Å². The summed E-state index contributed by atoms with van der Waals surface area (Å²) in [5.74, 6) is 0.895. The van der Waals surface area contributed by atoms with Crippen LogP contribution in [0.2, 0.25) is 0 Å². The Bertz CT molecular complexity index is 534. The van der Waals surface area contributed by atoms with E-state index in [1.165, 1.54) is 0 Å². The molecular weight excluding hydrogens is 260 g/mol. The number of para-hydroxylation sites is 1. The van der Waals surface area contributed by atoms with E-state index < -0.39 is 0 Å². The second-order valence-corrected chi connectivity index (χ2v) is 5.65. The van der Waals surface area contributed by atoms with E-state index in [0.717, 1.165) is 42.7 Å². The standard InChI is InChI=1S/C18H28N2O/c1-5-18(6-2,20(7-3)8-4)17(19)16-13-14-11-9-10-12-15(14)21-16/h9-13,17H,5-8,19H2,1-4H3. The molecule has 1 aromatic carbocycles. The Hall–Kier alpha value is -1.32. The zero-order chi connectivity index (χ0) is 15.5. The Balaban J connectivity index is 2.44. The summed E-state index contributed by atoms with van der Waals surface area (Å²) < 4.78 is 6.03. The largest absolute Gasteiger partial charge is 0.459 e. The quantitative estimate of drug-likeness (QED) is 0.824. The van der Waals surface area contributed by atoms with E-state index in [0.29, 0.717) is 0 Å². The van der Waals surface area contributed by atoms with Crippen molar-refractivity contribution in [1.29, 1.82) is 0 Å². The lowest BCUT2D eigenvalue weighted by molar-refractivity contribution is 0.0559. The van der Waals surface area contributed by atoms with Gasteiger partial charge in [-0.3, -0.25) is 4.90 Å². The number of likely N-dealkylation sites (N-methyl/N-ethyl adjacent to an activating group) is 1. The van der Waals surface area contributed by atoms with Gasteiger partial charge < -0.3 is 10.2 Å². The third-order valence-corrected chi connectivity index (χ3v) is 4.95. The zero-order valence-electron chi connectivity index (χ0n) is 13.7. The Morgan fingerprint density at radius 1 is 1.10 bits per heavy atom. The van der Waals surface area contributed by atoms with Crippen molar-refractivity contribution in [1.82, 2.24) is 4.90 Å². The number of furan rings is 1. The molecule has 3 nitrogen and oxygen atoms in total. The molecule has 0 saturated carbocycles. The predicted molar refractivity (Wildman–Crippen MR) is 89.4 cm³/mol. The molecule has 0 bridgehead atoms. The van der Waals surface area contributed by atoms with Gasteiger partial charge in [-0.05, 0) is 38.1 Å². The van der Waals surface area contributed by atoms with Crippen LogP contribution in [0, 0.1) is 0 Å². The van der Waals surface area contributed by atoms with Gasteiger partial charge in [-0.25, -0.2) is 0 Å². The third kappa shape index (κ3) is 2.72. The van der Waals surface area contributed by atoms with Crippen LogP contribution in [0.1, 0.15) is 52.3 Å². The van der Waals surface area contributed by atoms with Gasteiger partial charge in [0.15, 0.2) is 0 Å². The molecule has 1 heterocycles. The summed E-state index contributed by atoms with van der Waals surface area (Å²) in [6.45, 7) is 10.9. The SMILES string of the molecule is CCN(CC)C(CC)(CC)C(N)c1cc2ccccc2o1. The van der Waals surface area contributed by atoms with Crippen LogP contribution in [0.25, 0.3) is 11.0 Å². The highest BCUT2D eigenvalue weighted by Crippen LogP contribution is 2.37. The van der Waals surface area contributed by atoms with Crippen LogP contribution in [0.5, 0.6) is 0 Å². The number of hydrogen-bond acceptors (Lipinski definition) is 3. The van der Waals surface area contributed by atoms with E-state index in [9.17, 15) is 0 Å². The van der Waals surface area contributed by atoms with Gasteiger partial charge in [-0.15, -0.1) is 0 Å². The molecular formula is C18H28N2O. The van der Waals surface area contributed by atoms with Crippen molar-refractivity contribution in [2.24, 2.45) is 5.73 Å². The summed E-state index contributed by atoms with van der Waals surface area (Å²) >= 11 is 0. The predicted octanol–water partition coefficient (Wildman–Crippen LogP) is 4.33. The van der Waals surface area contributed by atoms with Crippen LogP contribution in [0.4, 0.5) is 0 Å². The molecule has 1 unspecified atom stereocenters. The van der Waals surface area contributed by atoms with Gasteiger partial charge in [-0.2, -0.15) is 0 Å². The molecule has 116 valence electrons. The van der Waals surface area contributed by atoms with Crippen LogP contribution in [-0.4, -0.2) is 23.5 Å². The molecule has 2 aromatic rings. The number of nitrogens with zero attached hydrogens (tertiary/aromatic N) is 1. The molecule has 1 aromatic heterocycles. The highest BCUT2D eigenvalue weighted by atomic mass is 16.3. The molecule has 0 radical (unpaired) electrons. The highest BCUT2D eigenvalue weighted by molar-refractivity contribution is 5.77. The fraction of sp³-hybridized carbons (Fsp3) is 0.556. The van der Waals surface area contributed by atoms with Gasteiger partial charge in [0.25, 0.3) is 0 Å². The lowest BCUT2D eigenvalue weighted by Gasteiger charge is -2.45. The summed E-state index contributed by atoms with van der Waals surface area (Å²) in [6.07, 6.45) is 2.03. The van der Waals surface area contributed by atoms with Gasteiger partial charge >= 0.3 is 0 Å². The van der Waals surface area contributed by atoms with Crippen LogP contribution in [0.3, 0.4) is 0 Å². The highest BCUT2D eigenvalue weighted by Gasteiger charge is 2.40. The summed E-state index contributed by atoms with van der Waals surface area (Å²) in [4.78, 5) is 2.48. The van der Waals surface area contributed by atoms with Crippen molar-refractivity contribution >= 4 is 11.0 Å². The smallest absolute Gasteiger partial charge is 0.134 e. The summed E-state index contributed by atoms with van der Waals surface area (Å²) in [7, 11) is 0. The Morgan fingerprint density at radius 3 is 2.24 bits per heavy atom. The second-order valence-electron chi connectivity index (χ2n) is 5.65. The van der Waals surface area contributed by atoms with Crippen molar-refractivity contribution in [3.8, 4) is 0 Å². The number of rotatable bonds is 7. The molecule has 21 heavy (non-hydrogen) atoms. The Labute approximate surface area is 128 Å². The van der Waals surface area contributed by atoms with Crippen molar-refractivity contribution < 1.29 is 4.42 Å². The number of fused-ring (bicyclic) bond motifs is 1. The van der Waals surface area contributed by atoms with E-state index in [-0.39, 0.29) is 11.6 Å². The van der Waals surface area contributed by atoms with Crippen LogP contribution in [0.15, 0.2) is 34.7 Å². The normalized spacial score (nSPS) is 14.0. The van der Waals surface area contributed by atoms with Crippen LogP contribution >= 0.6 is 0 Å². The monoisotopic (exact) mass is 288 g/mol. The molecule has 0 spiro atoms. The molecule has 0 fully saturated rings. The maximum atomic E-state index is 6.68. The zero-order valence-corrected chi connectivity index (χ0v) is 13.7. The van der Waals surface area contributed by atoms with Gasteiger partial charge in [0, 0.05) is 10.9 Å². The maximum Gasteiger partial charge on any atom is 0.134 e. The Kier molecular flexibility index (Phi) is 5.07. The third-order valence-electron chi connectivity index (χ3n) is 4.95. The fourth-order valence-electron chi connectivity index (χ4n) is 3.61. The average Bonchev–Trinajstić information content (AvgIpc) is 2.96. The first kappa shape index (κ1) is 16.1. The van der Waals surface area contributed by atoms with Gasteiger partial charge in [0.2, 0.25) is 0 Å². The number of hydrogen-bond donors (Lipinski definition) is 1. The van der Waals surface area contributed by atoms with Gasteiger partial charge in [0.05, 0.1) is 6.04 Å². The average molecular weight is 288 g/mol. The van der Waals surface area contributed by atoms with Crippen LogP contribution < -0.4 is 5.73 Å². The van der Waals surface area contributed by atoms with E-state index >= 15 is 0 Å². The molecule has 2 N–H and O–H groups in total. The minimum absolute atomic E-state index is 0.0443. The number of nitrogens with two attached hydrogens (primary N) is 1. The molecule has 2 rings (SSSR count). The summed E-state index contributed by atoms with van der Waals surface area (Å²) in [5.41, 5.74) is 7.55. The Morgan fingerprint density at radius 2 is 1.71 bits per heavy atom. The lowest BCUT2D eigenvalue weighted by Crippen LogP contribution is -2.54. The first-order chi connectivity index (χ1) is 10.1. The first-order valence-corrected chi connectivity index (χ1v) is 8.12. The first-order valence-electron chi connectivity index (χ1n) is 8.12. The summed E-state index contributed by atoms with van der Waals surface area (Å²) in [6, 6.07) is 10.1. The van der Waals surface area contributed by atoms with E-state index in [2.05, 4.69) is 44.7 Å². The molecule has 0 amide bonds. The minimum Gasteiger partial charge on any atom is -0.459 e. The van der Waals surface area contributed by atoms with E-state index in [4.69, 9.17) is 10.2 Å². The summed E-state index contributed by atoms with van der Waals surface area (Å²) in [5, 5.41) is 1.13. The van der Waals surface area contributed by atoms with Crippen molar-refractivity contribution in [3.05, 3.63) is 36.1 Å². The minimum atomic E-state index is -0.111. The molecule has 0 aliphatic rings. The topological polar surface area (TPSA) is 42.4 Å². The second kappa shape index (κ2) is 6.63. The molecule has 1 atom stereocenters. The van der Waals surface area contributed by atoms with E-state index in [1.54, 1.807) is 0 Å². The van der Waals surface area contributed by atoms with Crippen molar-refractivity contribution in [3.63, 3.8) is 0 Å². The van der Waals surface area contributed by atoms with Crippen LogP contribution in [-0.2, 0) is 0 Å². The van der Waals surface area contributed by atoms with Crippen molar-refractivity contribution in [2.45, 2.75) is 52.1 Å². The molecule has 0 saturated heterocycles. The molecule has 0 aliphatic heterocycles. The fourth-order valence-corrected chi connectivity index (χ4v) is 3.61. The molecule has 0 aliphatic carbocycles. The maximum absolute atomic E-state index is 6.68. The molecule has 3 heteroatoms. The van der Waals surface area contributed by atoms with Crippen molar-refractivity contribution in [2.75, 3.05) is 13.1 Å².